The maximum absolute atomic E-state index is 11.7. The normalized spacial score (nSPS) is 12.1. The Balaban J connectivity index is 1.90. The topological polar surface area (TPSA) is 55.1 Å². The van der Waals surface area contributed by atoms with Gasteiger partial charge in [-0.15, -0.1) is 11.8 Å². The Bertz CT molecular complexity index is 523. The quantitative estimate of drug-likeness (QED) is 0.853. The molecule has 0 saturated heterocycles. The lowest BCUT2D eigenvalue weighted by atomic mass is 10.0. The molecule has 0 fully saturated rings. The number of nitrogens with zero attached hydrogens (tertiary/aromatic N) is 1. The minimum atomic E-state index is -0.207. The largest absolute Gasteiger partial charge is 0.451 e. The fraction of sp³-hybridized carbons (Fsp3) is 0.286. The number of oxazole rings is 1. The van der Waals surface area contributed by atoms with E-state index >= 15 is 0 Å². The molecule has 0 aliphatic rings. The molecule has 1 atom stereocenters. The Hall–Kier alpha value is -1.75. The van der Waals surface area contributed by atoms with Gasteiger partial charge < -0.3 is 9.73 Å². The number of benzene rings is 1. The summed E-state index contributed by atoms with van der Waals surface area (Å²) in [6, 6.07) is 8.38. The highest BCUT2D eigenvalue weighted by Crippen LogP contribution is 2.19. The standard InChI is InChI=1S/C14H16N2O2S/c1-10(11-3-5-12(19-2)6-4-11)7-15-14(17)13-8-18-9-16-13/h3-6,8-10H,7H2,1-2H3,(H,15,17). The zero-order chi connectivity index (χ0) is 13.7. The fourth-order valence-corrected chi connectivity index (χ4v) is 2.12. The lowest BCUT2D eigenvalue weighted by Crippen LogP contribution is -2.27. The second kappa shape index (κ2) is 6.43. The van der Waals surface area contributed by atoms with Crippen LogP contribution in [0.25, 0.3) is 0 Å². The molecule has 0 aliphatic heterocycles. The van der Waals surface area contributed by atoms with Crippen molar-refractivity contribution in [1.29, 1.82) is 0 Å². The Labute approximate surface area is 116 Å². The summed E-state index contributed by atoms with van der Waals surface area (Å²) in [6.07, 6.45) is 4.64. The molecular weight excluding hydrogens is 260 g/mol. The number of thioether (sulfide) groups is 1. The molecule has 1 N–H and O–H groups in total. The Morgan fingerprint density at radius 3 is 2.74 bits per heavy atom. The van der Waals surface area contributed by atoms with Crippen molar-refractivity contribution in [2.75, 3.05) is 12.8 Å². The van der Waals surface area contributed by atoms with Gasteiger partial charge in [-0.3, -0.25) is 4.79 Å². The summed E-state index contributed by atoms with van der Waals surface area (Å²) in [5.41, 5.74) is 1.52. The third-order valence-corrected chi connectivity index (χ3v) is 3.66. The highest BCUT2D eigenvalue weighted by molar-refractivity contribution is 7.98. The molecule has 2 rings (SSSR count). The van der Waals surface area contributed by atoms with Crippen LogP contribution in [0.4, 0.5) is 0 Å². The molecule has 0 radical (unpaired) electrons. The summed E-state index contributed by atoms with van der Waals surface area (Å²) in [7, 11) is 0. The van der Waals surface area contributed by atoms with Crippen molar-refractivity contribution >= 4 is 17.7 Å². The van der Waals surface area contributed by atoms with E-state index in [-0.39, 0.29) is 11.8 Å². The maximum Gasteiger partial charge on any atom is 0.273 e. The molecule has 1 unspecified atom stereocenters. The summed E-state index contributed by atoms with van der Waals surface area (Å²) in [5, 5.41) is 2.85. The zero-order valence-corrected chi connectivity index (χ0v) is 11.7. The highest BCUT2D eigenvalue weighted by Gasteiger charge is 2.11. The number of rotatable bonds is 5. The average molecular weight is 276 g/mol. The summed E-state index contributed by atoms with van der Waals surface area (Å²) in [4.78, 5) is 16.8. The molecular formula is C14H16N2O2S. The number of hydrogen-bond donors (Lipinski definition) is 1. The fourth-order valence-electron chi connectivity index (χ4n) is 1.71. The van der Waals surface area contributed by atoms with Crippen LogP contribution in [0, 0.1) is 0 Å². The third-order valence-electron chi connectivity index (χ3n) is 2.92. The van der Waals surface area contributed by atoms with Crippen molar-refractivity contribution in [2.45, 2.75) is 17.7 Å². The second-order valence-electron chi connectivity index (χ2n) is 4.26. The van der Waals surface area contributed by atoms with Crippen LogP contribution in [0.3, 0.4) is 0 Å². The molecule has 0 aliphatic carbocycles. The summed E-state index contributed by atoms with van der Waals surface area (Å²) >= 11 is 1.72. The van der Waals surface area contributed by atoms with Gasteiger partial charge in [0.25, 0.3) is 5.91 Å². The first kappa shape index (κ1) is 13.7. The number of carbonyl (C=O) groups is 1. The van der Waals surface area contributed by atoms with E-state index in [1.807, 2.05) is 0 Å². The summed E-state index contributed by atoms with van der Waals surface area (Å²) < 4.78 is 4.78. The molecule has 1 aromatic carbocycles. The predicted molar refractivity (Wildman–Crippen MR) is 75.5 cm³/mol. The SMILES string of the molecule is CSc1ccc(C(C)CNC(=O)c2cocn2)cc1. The monoisotopic (exact) mass is 276 g/mol. The van der Waals surface area contributed by atoms with Crippen LogP contribution in [-0.4, -0.2) is 23.7 Å². The molecule has 100 valence electrons. The van der Waals surface area contributed by atoms with Gasteiger partial charge in [0.1, 0.15) is 6.26 Å². The second-order valence-corrected chi connectivity index (χ2v) is 5.14. The van der Waals surface area contributed by atoms with E-state index in [4.69, 9.17) is 4.42 Å². The number of carbonyl (C=O) groups excluding carboxylic acids is 1. The molecule has 0 saturated carbocycles. The van der Waals surface area contributed by atoms with E-state index in [9.17, 15) is 4.79 Å². The third kappa shape index (κ3) is 3.61. The summed E-state index contributed by atoms with van der Waals surface area (Å²) in [6.45, 7) is 2.65. The van der Waals surface area contributed by atoms with Crippen LogP contribution in [-0.2, 0) is 0 Å². The van der Waals surface area contributed by atoms with Crippen LogP contribution in [0.5, 0.6) is 0 Å². The minimum Gasteiger partial charge on any atom is -0.451 e. The molecule has 19 heavy (non-hydrogen) atoms. The first-order chi connectivity index (χ1) is 9.20. The Morgan fingerprint density at radius 1 is 1.42 bits per heavy atom. The number of nitrogens with one attached hydrogen (secondary N) is 1. The van der Waals surface area contributed by atoms with Crippen molar-refractivity contribution in [3.63, 3.8) is 0 Å². The van der Waals surface area contributed by atoms with Crippen LogP contribution >= 0.6 is 11.8 Å². The first-order valence-corrected chi connectivity index (χ1v) is 7.23. The van der Waals surface area contributed by atoms with E-state index in [1.54, 1.807) is 11.8 Å². The van der Waals surface area contributed by atoms with Crippen molar-refractivity contribution in [3.05, 3.63) is 48.2 Å². The van der Waals surface area contributed by atoms with Gasteiger partial charge in [0, 0.05) is 11.4 Å². The van der Waals surface area contributed by atoms with E-state index < -0.39 is 0 Å². The predicted octanol–water partition coefficient (Wildman–Crippen LogP) is 2.93. The van der Waals surface area contributed by atoms with Gasteiger partial charge in [0.2, 0.25) is 0 Å². The molecule has 4 nitrogen and oxygen atoms in total. The van der Waals surface area contributed by atoms with Crippen LogP contribution in [0.2, 0.25) is 0 Å². The lowest BCUT2D eigenvalue weighted by Gasteiger charge is -2.12. The number of aromatic nitrogens is 1. The number of hydrogen-bond acceptors (Lipinski definition) is 4. The average Bonchev–Trinajstić information content (AvgIpc) is 2.98. The van der Waals surface area contributed by atoms with Gasteiger partial charge in [-0.05, 0) is 29.9 Å². The van der Waals surface area contributed by atoms with E-state index in [2.05, 4.69) is 47.7 Å². The van der Waals surface area contributed by atoms with Gasteiger partial charge in [0.05, 0.1) is 0 Å². The van der Waals surface area contributed by atoms with Crippen LogP contribution in [0.15, 0.2) is 46.2 Å². The maximum atomic E-state index is 11.7. The van der Waals surface area contributed by atoms with Crippen molar-refractivity contribution in [3.8, 4) is 0 Å². The number of amides is 1. The summed E-state index contributed by atoms with van der Waals surface area (Å²) in [5.74, 6) is 0.0492. The smallest absolute Gasteiger partial charge is 0.273 e. The molecule has 0 spiro atoms. The molecule has 1 heterocycles. The highest BCUT2D eigenvalue weighted by atomic mass is 32.2. The van der Waals surface area contributed by atoms with Crippen molar-refractivity contribution in [2.24, 2.45) is 0 Å². The van der Waals surface area contributed by atoms with Crippen LogP contribution < -0.4 is 5.32 Å². The van der Waals surface area contributed by atoms with Gasteiger partial charge in [-0.25, -0.2) is 4.98 Å². The van der Waals surface area contributed by atoms with Gasteiger partial charge in [-0.1, -0.05) is 19.1 Å². The first-order valence-electron chi connectivity index (χ1n) is 6.01. The Kier molecular flexibility index (Phi) is 4.63. The minimum absolute atomic E-state index is 0.207. The van der Waals surface area contributed by atoms with E-state index in [1.165, 1.54) is 23.1 Å². The zero-order valence-electron chi connectivity index (χ0n) is 10.9. The molecule has 0 bridgehead atoms. The van der Waals surface area contributed by atoms with Crippen molar-refractivity contribution in [1.82, 2.24) is 10.3 Å². The molecule has 5 heteroatoms. The van der Waals surface area contributed by atoms with Crippen LogP contribution in [0.1, 0.15) is 28.9 Å². The van der Waals surface area contributed by atoms with E-state index in [0.29, 0.717) is 12.2 Å². The van der Waals surface area contributed by atoms with Crippen molar-refractivity contribution < 1.29 is 9.21 Å². The Morgan fingerprint density at radius 2 is 2.16 bits per heavy atom. The van der Waals surface area contributed by atoms with Gasteiger partial charge in [0.15, 0.2) is 12.1 Å². The molecule has 2 aromatic rings. The lowest BCUT2D eigenvalue weighted by molar-refractivity contribution is 0.0946. The molecule has 1 aromatic heterocycles. The van der Waals surface area contributed by atoms with Gasteiger partial charge in [-0.2, -0.15) is 0 Å². The molecule has 1 amide bonds. The van der Waals surface area contributed by atoms with E-state index in [0.717, 1.165) is 0 Å². The van der Waals surface area contributed by atoms with Gasteiger partial charge >= 0.3 is 0 Å².